The van der Waals surface area contributed by atoms with Crippen molar-refractivity contribution in [3.8, 4) is 0 Å². The molecule has 0 aromatic rings. The third-order valence-corrected chi connectivity index (χ3v) is 1.61. The molecule has 10 heavy (non-hydrogen) atoms. The number of carbonyl (C=O) groups is 1. The van der Waals surface area contributed by atoms with Gasteiger partial charge in [-0.05, 0) is 19.3 Å². The second kappa shape index (κ2) is 5.23. The highest BCUT2D eigenvalue weighted by Crippen LogP contribution is 2.08. The number of aliphatic hydroxyl groups excluding tert-OH is 1. The van der Waals surface area contributed by atoms with Crippen LogP contribution in [0.3, 0.4) is 0 Å². The molecule has 0 fully saturated rings. The van der Waals surface area contributed by atoms with E-state index in [-0.39, 0.29) is 18.4 Å². The van der Waals surface area contributed by atoms with Gasteiger partial charge in [-0.2, -0.15) is 0 Å². The van der Waals surface area contributed by atoms with Gasteiger partial charge < -0.3 is 10.8 Å². The highest BCUT2D eigenvalue weighted by Gasteiger charge is 2.10. The molecule has 0 saturated carbocycles. The fraction of sp³-hybridized carbons (Fsp3) is 0.857. The van der Waals surface area contributed by atoms with Gasteiger partial charge in [0, 0.05) is 12.5 Å². The van der Waals surface area contributed by atoms with Gasteiger partial charge in [-0.3, -0.25) is 4.79 Å². The molecule has 0 aromatic carbocycles. The standard InChI is InChI=1S/C7H15NO2/c1-2-6(7(8)10)4-3-5-9/h6,9H,2-5H2,1H3,(H2,8,10). The van der Waals surface area contributed by atoms with Crippen LogP contribution in [0, 0.1) is 5.92 Å². The molecule has 0 heterocycles. The molecule has 0 bridgehead atoms. The van der Waals surface area contributed by atoms with Crippen molar-refractivity contribution in [3.63, 3.8) is 0 Å². The van der Waals surface area contributed by atoms with Crippen molar-refractivity contribution >= 4 is 5.91 Å². The van der Waals surface area contributed by atoms with E-state index >= 15 is 0 Å². The fourth-order valence-corrected chi connectivity index (χ4v) is 0.885. The quantitative estimate of drug-likeness (QED) is 0.583. The molecule has 3 nitrogen and oxygen atoms in total. The lowest BCUT2D eigenvalue weighted by atomic mass is 10.0. The minimum Gasteiger partial charge on any atom is -0.396 e. The Labute approximate surface area is 61.2 Å². The first-order chi connectivity index (χ1) is 4.72. The number of amides is 1. The molecule has 0 radical (unpaired) electrons. The lowest BCUT2D eigenvalue weighted by Crippen LogP contribution is -2.22. The third kappa shape index (κ3) is 3.45. The summed E-state index contributed by atoms with van der Waals surface area (Å²) in [7, 11) is 0. The van der Waals surface area contributed by atoms with E-state index in [0.29, 0.717) is 12.8 Å². The molecular formula is C7H15NO2. The third-order valence-electron chi connectivity index (χ3n) is 1.61. The topological polar surface area (TPSA) is 63.3 Å². The molecule has 0 spiro atoms. The van der Waals surface area contributed by atoms with Crippen LogP contribution in [0.2, 0.25) is 0 Å². The van der Waals surface area contributed by atoms with E-state index in [9.17, 15) is 4.79 Å². The number of rotatable bonds is 5. The highest BCUT2D eigenvalue weighted by molar-refractivity contribution is 5.76. The van der Waals surface area contributed by atoms with Crippen LogP contribution in [0.4, 0.5) is 0 Å². The van der Waals surface area contributed by atoms with Crippen LogP contribution in [0.25, 0.3) is 0 Å². The minimum atomic E-state index is -0.254. The van der Waals surface area contributed by atoms with Crippen molar-refractivity contribution < 1.29 is 9.90 Å². The van der Waals surface area contributed by atoms with Gasteiger partial charge in [-0.25, -0.2) is 0 Å². The number of nitrogens with two attached hydrogens (primary N) is 1. The van der Waals surface area contributed by atoms with E-state index in [4.69, 9.17) is 10.8 Å². The Hall–Kier alpha value is -0.570. The second-order valence-corrected chi connectivity index (χ2v) is 2.37. The Kier molecular flexibility index (Phi) is 4.94. The van der Waals surface area contributed by atoms with Crippen LogP contribution >= 0.6 is 0 Å². The first kappa shape index (κ1) is 9.43. The van der Waals surface area contributed by atoms with Crippen LogP contribution in [0.5, 0.6) is 0 Å². The summed E-state index contributed by atoms with van der Waals surface area (Å²) in [4.78, 5) is 10.6. The largest absolute Gasteiger partial charge is 0.396 e. The molecule has 3 N–H and O–H groups in total. The lowest BCUT2D eigenvalue weighted by Gasteiger charge is -2.07. The van der Waals surface area contributed by atoms with Crippen LogP contribution < -0.4 is 5.73 Å². The van der Waals surface area contributed by atoms with Gasteiger partial charge in [-0.15, -0.1) is 0 Å². The van der Waals surface area contributed by atoms with Gasteiger partial charge in [0.15, 0.2) is 0 Å². The zero-order valence-corrected chi connectivity index (χ0v) is 6.34. The van der Waals surface area contributed by atoms with Crippen molar-refractivity contribution in [1.29, 1.82) is 0 Å². The summed E-state index contributed by atoms with van der Waals surface area (Å²) in [6.45, 7) is 2.07. The Morgan fingerprint density at radius 1 is 1.70 bits per heavy atom. The van der Waals surface area contributed by atoms with Crippen LogP contribution in [-0.2, 0) is 4.79 Å². The van der Waals surface area contributed by atoms with E-state index in [1.165, 1.54) is 0 Å². The number of hydrogen-bond acceptors (Lipinski definition) is 2. The van der Waals surface area contributed by atoms with Crippen molar-refractivity contribution in [1.82, 2.24) is 0 Å². The Morgan fingerprint density at radius 3 is 2.60 bits per heavy atom. The summed E-state index contributed by atoms with van der Waals surface area (Å²) >= 11 is 0. The molecule has 1 atom stereocenters. The molecule has 1 unspecified atom stereocenters. The van der Waals surface area contributed by atoms with Gasteiger partial charge in [-0.1, -0.05) is 6.92 Å². The Morgan fingerprint density at radius 2 is 2.30 bits per heavy atom. The average molecular weight is 145 g/mol. The van der Waals surface area contributed by atoms with Gasteiger partial charge >= 0.3 is 0 Å². The van der Waals surface area contributed by atoms with E-state index in [0.717, 1.165) is 6.42 Å². The first-order valence-corrected chi connectivity index (χ1v) is 3.62. The summed E-state index contributed by atoms with van der Waals surface area (Å²) in [6.07, 6.45) is 2.15. The van der Waals surface area contributed by atoms with Crippen molar-refractivity contribution in [3.05, 3.63) is 0 Å². The molecular weight excluding hydrogens is 130 g/mol. The number of carbonyl (C=O) groups excluding carboxylic acids is 1. The molecule has 1 amide bonds. The number of hydrogen-bond donors (Lipinski definition) is 2. The maximum atomic E-state index is 10.6. The maximum absolute atomic E-state index is 10.6. The lowest BCUT2D eigenvalue weighted by molar-refractivity contribution is -0.122. The van der Waals surface area contributed by atoms with Gasteiger partial charge in [0.1, 0.15) is 0 Å². The Balaban J connectivity index is 3.50. The monoisotopic (exact) mass is 145 g/mol. The molecule has 3 heteroatoms. The van der Waals surface area contributed by atoms with E-state index in [1.54, 1.807) is 0 Å². The zero-order valence-electron chi connectivity index (χ0n) is 6.34. The molecule has 60 valence electrons. The number of aliphatic hydroxyl groups is 1. The summed E-state index contributed by atoms with van der Waals surface area (Å²) in [6, 6.07) is 0. The fourth-order valence-electron chi connectivity index (χ4n) is 0.885. The van der Waals surface area contributed by atoms with Crippen molar-refractivity contribution in [2.75, 3.05) is 6.61 Å². The smallest absolute Gasteiger partial charge is 0.220 e. The molecule has 0 rings (SSSR count). The van der Waals surface area contributed by atoms with E-state index in [2.05, 4.69) is 0 Å². The molecule has 0 aliphatic carbocycles. The van der Waals surface area contributed by atoms with Gasteiger partial charge in [0.05, 0.1) is 0 Å². The predicted octanol–water partition coefficient (Wildman–Crippen LogP) is 0.270. The van der Waals surface area contributed by atoms with E-state index < -0.39 is 0 Å². The van der Waals surface area contributed by atoms with Gasteiger partial charge in [0.25, 0.3) is 0 Å². The maximum Gasteiger partial charge on any atom is 0.220 e. The summed E-state index contributed by atoms with van der Waals surface area (Å²) in [5.41, 5.74) is 5.07. The van der Waals surface area contributed by atoms with Crippen LogP contribution in [-0.4, -0.2) is 17.6 Å². The minimum absolute atomic E-state index is 0.0489. The predicted molar refractivity (Wildman–Crippen MR) is 39.3 cm³/mol. The van der Waals surface area contributed by atoms with Crippen molar-refractivity contribution in [2.24, 2.45) is 11.7 Å². The zero-order chi connectivity index (χ0) is 7.98. The van der Waals surface area contributed by atoms with Crippen LogP contribution in [0.15, 0.2) is 0 Å². The van der Waals surface area contributed by atoms with Gasteiger partial charge in [0.2, 0.25) is 5.91 Å². The van der Waals surface area contributed by atoms with E-state index in [1.807, 2.05) is 6.92 Å². The highest BCUT2D eigenvalue weighted by atomic mass is 16.2. The molecule has 0 aromatic heterocycles. The Bertz CT molecular complexity index is 104. The first-order valence-electron chi connectivity index (χ1n) is 3.62. The second-order valence-electron chi connectivity index (χ2n) is 2.37. The summed E-state index contributed by atoms with van der Waals surface area (Å²) < 4.78 is 0. The molecule has 0 aliphatic rings. The normalized spacial score (nSPS) is 13.0. The van der Waals surface area contributed by atoms with Crippen LogP contribution in [0.1, 0.15) is 26.2 Å². The molecule has 0 saturated heterocycles. The SMILES string of the molecule is CCC(CCCO)C(N)=O. The summed E-state index contributed by atoms with van der Waals surface area (Å²) in [5.74, 6) is -0.303. The summed E-state index contributed by atoms with van der Waals surface area (Å²) in [5, 5.41) is 8.44. The number of primary amides is 1. The average Bonchev–Trinajstić information content (AvgIpc) is 1.89. The molecule has 0 aliphatic heterocycles. The van der Waals surface area contributed by atoms with Crippen molar-refractivity contribution in [2.45, 2.75) is 26.2 Å².